The highest BCUT2D eigenvalue weighted by atomic mass is 16.5. The van der Waals surface area contributed by atoms with E-state index < -0.39 is 5.97 Å². The molecule has 0 N–H and O–H groups in total. The number of methoxy groups -OCH3 is 2. The molecule has 1 aromatic rings. The first-order chi connectivity index (χ1) is 6.19. The number of rotatable bonds is 3. The molecule has 5 nitrogen and oxygen atoms in total. The van der Waals surface area contributed by atoms with Crippen molar-refractivity contribution in [1.82, 2.24) is 4.98 Å². The molecule has 0 aliphatic rings. The SMILES string of the molecule is COc1ccc(C(=O)[O-])c(OC)n1. The first kappa shape index (κ1) is 9.31. The van der Waals surface area contributed by atoms with Crippen molar-refractivity contribution in [1.29, 1.82) is 0 Å². The van der Waals surface area contributed by atoms with E-state index in [0.29, 0.717) is 5.88 Å². The van der Waals surface area contributed by atoms with Gasteiger partial charge in [0.05, 0.1) is 25.8 Å². The molecular weight excluding hydrogens is 174 g/mol. The number of carbonyl (C=O) groups is 1. The summed E-state index contributed by atoms with van der Waals surface area (Å²) in [7, 11) is 2.76. The molecule has 0 fully saturated rings. The Morgan fingerprint density at radius 1 is 1.38 bits per heavy atom. The monoisotopic (exact) mass is 182 g/mol. The number of hydrogen-bond acceptors (Lipinski definition) is 5. The van der Waals surface area contributed by atoms with Crippen molar-refractivity contribution < 1.29 is 19.4 Å². The lowest BCUT2D eigenvalue weighted by atomic mass is 10.3. The first-order valence-electron chi connectivity index (χ1n) is 3.49. The molecule has 5 heteroatoms. The van der Waals surface area contributed by atoms with Gasteiger partial charge in [0, 0.05) is 6.07 Å². The predicted octanol–water partition coefficient (Wildman–Crippen LogP) is -0.538. The zero-order valence-corrected chi connectivity index (χ0v) is 7.23. The van der Waals surface area contributed by atoms with E-state index in [-0.39, 0.29) is 11.4 Å². The van der Waals surface area contributed by atoms with Gasteiger partial charge in [-0.15, -0.1) is 0 Å². The first-order valence-corrected chi connectivity index (χ1v) is 3.49. The smallest absolute Gasteiger partial charge is 0.225 e. The minimum atomic E-state index is -1.33. The third kappa shape index (κ3) is 1.87. The summed E-state index contributed by atoms with van der Waals surface area (Å²) < 4.78 is 9.52. The fraction of sp³-hybridized carbons (Fsp3) is 0.250. The summed E-state index contributed by atoms with van der Waals surface area (Å²) in [5.41, 5.74) is -0.0942. The molecule has 1 aromatic heterocycles. The number of pyridine rings is 1. The molecule has 0 spiro atoms. The molecule has 1 rings (SSSR count). The molecule has 0 atom stereocenters. The Morgan fingerprint density at radius 3 is 2.54 bits per heavy atom. The molecule has 0 aliphatic heterocycles. The fourth-order valence-electron chi connectivity index (χ4n) is 0.848. The number of carbonyl (C=O) groups excluding carboxylic acids is 1. The number of ether oxygens (including phenoxy) is 2. The molecule has 13 heavy (non-hydrogen) atoms. The number of hydrogen-bond donors (Lipinski definition) is 0. The summed E-state index contributed by atoms with van der Waals surface area (Å²) in [6.07, 6.45) is 0. The number of aromatic carboxylic acids is 1. The molecule has 0 saturated carbocycles. The van der Waals surface area contributed by atoms with Crippen molar-refractivity contribution in [2.75, 3.05) is 14.2 Å². The Bertz CT molecular complexity index is 324. The third-order valence-corrected chi connectivity index (χ3v) is 1.46. The lowest BCUT2D eigenvalue weighted by Gasteiger charge is -2.08. The third-order valence-electron chi connectivity index (χ3n) is 1.46. The van der Waals surface area contributed by atoms with Crippen LogP contribution in [0.5, 0.6) is 11.8 Å². The van der Waals surface area contributed by atoms with Crippen molar-refractivity contribution in [2.45, 2.75) is 0 Å². The Balaban J connectivity index is 3.15. The average molecular weight is 182 g/mol. The van der Waals surface area contributed by atoms with Crippen LogP contribution >= 0.6 is 0 Å². The molecule has 0 amide bonds. The summed E-state index contributed by atoms with van der Waals surface area (Å²) in [5, 5.41) is 10.5. The van der Waals surface area contributed by atoms with E-state index in [1.54, 1.807) is 0 Å². The lowest BCUT2D eigenvalue weighted by Crippen LogP contribution is -2.23. The molecule has 0 saturated heterocycles. The molecule has 0 bridgehead atoms. The van der Waals surface area contributed by atoms with E-state index in [1.807, 2.05) is 0 Å². The van der Waals surface area contributed by atoms with Crippen LogP contribution in [0.3, 0.4) is 0 Å². The summed E-state index contributed by atoms with van der Waals surface area (Å²) >= 11 is 0. The van der Waals surface area contributed by atoms with Crippen LogP contribution in [0.15, 0.2) is 12.1 Å². The molecule has 0 radical (unpaired) electrons. The number of carboxylic acid groups (broad SMARTS) is 1. The quantitative estimate of drug-likeness (QED) is 0.627. The van der Waals surface area contributed by atoms with Gasteiger partial charge in [-0.2, -0.15) is 4.98 Å². The van der Waals surface area contributed by atoms with E-state index in [9.17, 15) is 9.90 Å². The summed E-state index contributed by atoms with van der Waals surface area (Å²) in [6.45, 7) is 0. The largest absolute Gasteiger partial charge is 0.545 e. The zero-order valence-electron chi connectivity index (χ0n) is 7.23. The van der Waals surface area contributed by atoms with Gasteiger partial charge in [0.25, 0.3) is 0 Å². The normalized spacial score (nSPS) is 9.38. The van der Waals surface area contributed by atoms with Gasteiger partial charge in [-0.1, -0.05) is 0 Å². The van der Waals surface area contributed by atoms with E-state index >= 15 is 0 Å². The van der Waals surface area contributed by atoms with E-state index in [0.717, 1.165) is 0 Å². The number of carboxylic acids is 1. The van der Waals surface area contributed by atoms with Crippen LogP contribution in [0.1, 0.15) is 10.4 Å². The van der Waals surface area contributed by atoms with Crippen molar-refractivity contribution in [3.05, 3.63) is 17.7 Å². The van der Waals surface area contributed by atoms with Gasteiger partial charge in [0.1, 0.15) is 0 Å². The molecule has 1 heterocycles. The topological polar surface area (TPSA) is 71.5 Å². The molecule has 70 valence electrons. The predicted molar refractivity (Wildman–Crippen MR) is 41.7 cm³/mol. The van der Waals surface area contributed by atoms with E-state index in [4.69, 9.17) is 9.47 Å². The Kier molecular flexibility index (Phi) is 2.69. The van der Waals surface area contributed by atoms with Gasteiger partial charge in [-0.05, 0) is 6.07 Å². The van der Waals surface area contributed by atoms with Gasteiger partial charge in [0.15, 0.2) is 0 Å². The highest BCUT2D eigenvalue weighted by Crippen LogP contribution is 2.18. The minimum absolute atomic E-state index is 0.0145. The van der Waals surface area contributed by atoms with Crippen molar-refractivity contribution in [3.8, 4) is 11.8 Å². The second-order valence-electron chi connectivity index (χ2n) is 2.20. The molecule has 0 aliphatic carbocycles. The van der Waals surface area contributed by atoms with E-state index in [2.05, 4.69) is 4.98 Å². The highest BCUT2D eigenvalue weighted by Gasteiger charge is 2.06. The van der Waals surface area contributed by atoms with Gasteiger partial charge in [-0.25, -0.2) is 0 Å². The maximum Gasteiger partial charge on any atom is 0.225 e. The van der Waals surface area contributed by atoms with Gasteiger partial charge < -0.3 is 19.4 Å². The van der Waals surface area contributed by atoms with Crippen molar-refractivity contribution >= 4 is 5.97 Å². The van der Waals surface area contributed by atoms with Crippen LogP contribution in [-0.4, -0.2) is 25.2 Å². The van der Waals surface area contributed by atoms with Crippen LogP contribution in [0.2, 0.25) is 0 Å². The van der Waals surface area contributed by atoms with Crippen molar-refractivity contribution in [3.63, 3.8) is 0 Å². The maximum atomic E-state index is 10.5. The molecular formula is C8H8NO4-. The minimum Gasteiger partial charge on any atom is -0.545 e. The van der Waals surface area contributed by atoms with Crippen LogP contribution < -0.4 is 14.6 Å². The zero-order chi connectivity index (χ0) is 9.84. The Labute approximate surface area is 74.9 Å². The molecule has 0 aromatic carbocycles. The highest BCUT2D eigenvalue weighted by molar-refractivity contribution is 5.88. The van der Waals surface area contributed by atoms with Gasteiger partial charge in [-0.3, -0.25) is 0 Å². The van der Waals surface area contributed by atoms with Crippen LogP contribution in [0, 0.1) is 0 Å². The maximum absolute atomic E-state index is 10.5. The average Bonchev–Trinajstić information content (AvgIpc) is 2.16. The summed E-state index contributed by atoms with van der Waals surface area (Å²) in [5.74, 6) is -1.05. The lowest BCUT2D eigenvalue weighted by molar-refractivity contribution is -0.255. The second kappa shape index (κ2) is 3.75. The number of nitrogens with zero attached hydrogens (tertiary/aromatic N) is 1. The number of aromatic nitrogens is 1. The second-order valence-corrected chi connectivity index (χ2v) is 2.20. The van der Waals surface area contributed by atoms with Crippen LogP contribution in [-0.2, 0) is 0 Å². The van der Waals surface area contributed by atoms with Gasteiger partial charge in [0.2, 0.25) is 11.8 Å². The Morgan fingerprint density at radius 2 is 2.08 bits per heavy atom. The van der Waals surface area contributed by atoms with Crippen LogP contribution in [0.25, 0.3) is 0 Å². The van der Waals surface area contributed by atoms with Gasteiger partial charge >= 0.3 is 0 Å². The Hall–Kier alpha value is -1.78. The fourth-order valence-corrected chi connectivity index (χ4v) is 0.848. The van der Waals surface area contributed by atoms with Crippen molar-refractivity contribution in [2.24, 2.45) is 0 Å². The molecule has 0 unspecified atom stereocenters. The standard InChI is InChI=1S/C8H9NO4/c1-12-6-4-3-5(8(10)11)7(9-6)13-2/h3-4H,1-2H3,(H,10,11)/p-1. The van der Waals surface area contributed by atoms with E-state index in [1.165, 1.54) is 26.4 Å². The van der Waals surface area contributed by atoms with Crippen LogP contribution in [0.4, 0.5) is 0 Å². The summed E-state index contributed by atoms with van der Waals surface area (Å²) in [6, 6.07) is 2.74. The summed E-state index contributed by atoms with van der Waals surface area (Å²) in [4.78, 5) is 14.3.